The standard InChI is InChI=1S/C16H20N2O2S/c1-4-12-7-5-6-10(2)14(12)18-15(20)11(3)16-17-13(8-19)9-21-16/h5-7,9,11,19H,4,8H2,1-3H3,(H,18,20). The molecule has 1 atom stereocenters. The molecule has 0 aliphatic heterocycles. The minimum absolute atomic E-state index is 0.0714. The predicted molar refractivity (Wildman–Crippen MR) is 85.6 cm³/mol. The molecule has 0 spiro atoms. The molecule has 0 saturated carbocycles. The first-order chi connectivity index (χ1) is 10.1. The number of carbonyl (C=O) groups is 1. The summed E-state index contributed by atoms with van der Waals surface area (Å²) in [7, 11) is 0. The molecule has 0 saturated heterocycles. The van der Waals surface area contributed by atoms with Gasteiger partial charge in [0.05, 0.1) is 18.2 Å². The number of aromatic nitrogens is 1. The van der Waals surface area contributed by atoms with Crippen LogP contribution in [0.25, 0.3) is 0 Å². The average molecular weight is 304 g/mol. The Kier molecular flexibility index (Phi) is 5.09. The molecule has 4 nitrogen and oxygen atoms in total. The van der Waals surface area contributed by atoms with Gasteiger partial charge in [0.2, 0.25) is 5.91 Å². The fourth-order valence-electron chi connectivity index (χ4n) is 2.14. The maximum Gasteiger partial charge on any atom is 0.234 e. The fourth-order valence-corrected chi connectivity index (χ4v) is 3.00. The second kappa shape index (κ2) is 6.83. The van der Waals surface area contributed by atoms with Crippen molar-refractivity contribution >= 4 is 22.9 Å². The molecule has 2 N–H and O–H groups in total. The van der Waals surface area contributed by atoms with Gasteiger partial charge in [-0.2, -0.15) is 0 Å². The van der Waals surface area contributed by atoms with E-state index in [1.54, 1.807) is 5.38 Å². The number of aliphatic hydroxyl groups excluding tert-OH is 1. The molecular weight excluding hydrogens is 284 g/mol. The van der Waals surface area contributed by atoms with Crippen molar-refractivity contribution in [1.29, 1.82) is 0 Å². The number of thiazole rings is 1. The number of amides is 1. The number of hydrogen-bond donors (Lipinski definition) is 2. The molecule has 0 radical (unpaired) electrons. The van der Waals surface area contributed by atoms with E-state index in [-0.39, 0.29) is 18.4 Å². The largest absolute Gasteiger partial charge is 0.390 e. The van der Waals surface area contributed by atoms with Gasteiger partial charge in [-0.15, -0.1) is 11.3 Å². The Morgan fingerprint density at radius 1 is 1.48 bits per heavy atom. The zero-order chi connectivity index (χ0) is 15.4. The number of nitrogens with one attached hydrogen (secondary N) is 1. The van der Waals surface area contributed by atoms with Crippen LogP contribution in [0, 0.1) is 6.92 Å². The summed E-state index contributed by atoms with van der Waals surface area (Å²) in [5, 5.41) is 14.6. The van der Waals surface area contributed by atoms with Gasteiger partial charge in [-0.3, -0.25) is 4.79 Å². The van der Waals surface area contributed by atoms with Crippen LogP contribution in [-0.4, -0.2) is 16.0 Å². The van der Waals surface area contributed by atoms with Gasteiger partial charge in [-0.1, -0.05) is 25.1 Å². The summed E-state index contributed by atoms with van der Waals surface area (Å²) in [6.45, 7) is 5.80. The molecule has 0 aliphatic carbocycles. The molecule has 1 aromatic carbocycles. The third kappa shape index (κ3) is 3.49. The molecule has 0 bridgehead atoms. The van der Waals surface area contributed by atoms with E-state index in [4.69, 9.17) is 5.11 Å². The van der Waals surface area contributed by atoms with Crippen LogP contribution in [-0.2, 0) is 17.8 Å². The molecule has 1 aromatic heterocycles. The maximum atomic E-state index is 12.4. The summed E-state index contributed by atoms with van der Waals surface area (Å²) < 4.78 is 0. The molecule has 0 fully saturated rings. The lowest BCUT2D eigenvalue weighted by Crippen LogP contribution is -2.20. The second-order valence-electron chi connectivity index (χ2n) is 5.01. The third-order valence-corrected chi connectivity index (χ3v) is 4.56. The first kappa shape index (κ1) is 15.7. The molecule has 112 valence electrons. The van der Waals surface area contributed by atoms with Gasteiger partial charge in [0, 0.05) is 11.1 Å². The van der Waals surface area contributed by atoms with E-state index in [0.717, 1.165) is 28.2 Å². The number of anilines is 1. The predicted octanol–water partition coefficient (Wildman–Crippen LogP) is 3.25. The van der Waals surface area contributed by atoms with Crippen LogP contribution in [0.3, 0.4) is 0 Å². The number of rotatable bonds is 5. The summed E-state index contributed by atoms with van der Waals surface area (Å²) in [6.07, 6.45) is 0.873. The number of para-hydroxylation sites is 1. The van der Waals surface area contributed by atoms with Gasteiger partial charge in [0.15, 0.2) is 0 Å². The van der Waals surface area contributed by atoms with Crippen LogP contribution < -0.4 is 5.32 Å². The Hall–Kier alpha value is -1.72. The van der Waals surface area contributed by atoms with E-state index >= 15 is 0 Å². The lowest BCUT2D eigenvalue weighted by Gasteiger charge is -2.15. The zero-order valence-corrected chi connectivity index (χ0v) is 13.3. The summed E-state index contributed by atoms with van der Waals surface area (Å²) >= 11 is 1.40. The Morgan fingerprint density at radius 2 is 2.24 bits per heavy atom. The number of aliphatic hydroxyl groups is 1. The SMILES string of the molecule is CCc1cccc(C)c1NC(=O)C(C)c1nc(CO)cs1. The van der Waals surface area contributed by atoms with Gasteiger partial charge < -0.3 is 10.4 Å². The lowest BCUT2D eigenvalue weighted by atomic mass is 10.0. The maximum absolute atomic E-state index is 12.4. The first-order valence-corrected chi connectivity index (χ1v) is 7.89. The van der Waals surface area contributed by atoms with Gasteiger partial charge in [0.25, 0.3) is 0 Å². The Balaban J connectivity index is 2.18. The average Bonchev–Trinajstić information content (AvgIpc) is 2.97. The van der Waals surface area contributed by atoms with E-state index < -0.39 is 0 Å². The number of benzene rings is 1. The molecule has 1 unspecified atom stereocenters. The molecule has 1 heterocycles. The van der Waals surface area contributed by atoms with Gasteiger partial charge in [-0.05, 0) is 31.4 Å². The lowest BCUT2D eigenvalue weighted by molar-refractivity contribution is -0.117. The topological polar surface area (TPSA) is 62.2 Å². The molecule has 21 heavy (non-hydrogen) atoms. The minimum Gasteiger partial charge on any atom is -0.390 e. The highest BCUT2D eigenvalue weighted by Gasteiger charge is 2.20. The smallest absolute Gasteiger partial charge is 0.234 e. The highest BCUT2D eigenvalue weighted by Crippen LogP contribution is 2.25. The molecule has 2 aromatic rings. The highest BCUT2D eigenvalue weighted by molar-refractivity contribution is 7.09. The van der Waals surface area contributed by atoms with Crippen molar-refractivity contribution in [2.45, 2.75) is 39.7 Å². The van der Waals surface area contributed by atoms with Crippen molar-refractivity contribution in [3.05, 3.63) is 45.4 Å². The van der Waals surface area contributed by atoms with E-state index in [9.17, 15) is 4.79 Å². The molecule has 5 heteroatoms. The van der Waals surface area contributed by atoms with E-state index in [1.165, 1.54) is 11.3 Å². The van der Waals surface area contributed by atoms with E-state index in [0.29, 0.717) is 5.69 Å². The van der Waals surface area contributed by atoms with Crippen LogP contribution in [0.5, 0.6) is 0 Å². The Bertz CT molecular complexity index is 637. The van der Waals surface area contributed by atoms with Crippen LogP contribution in [0.1, 0.15) is 41.6 Å². The van der Waals surface area contributed by atoms with Crippen molar-refractivity contribution < 1.29 is 9.90 Å². The number of nitrogens with zero attached hydrogens (tertiary/aromatic N) is 1. The van der Waals surface area contributed by atoms with Crippen molar-refractivity contribution in [2.24, 2.45) is 0 Å². The van der Waals surface area contributed by atoms with Gasteiger partial charge >= 0.3 is 0 Å². The van der Waals surface area contributed by atoms with Gasteiger partial charge in [-0.25, -0.2) is 4.98 Å². The van der Waals surface area contributed by atoms with Crippen LogP contribution in [0.2, 0.25) is 0 Å². The minimum atomic E-state index is -0.334. The number of hydrogen-bond acceptors (Lipinski definition) is 4. The zero-order valence-electron chi connectivity index (χ0n) is 12.5. The van der Waals surface area contributed by atoms with Crippen molar-refractivity contribution in [3.63, 3.8) is 0 Å². The summed E-state index contributed by atoms with van der Waals surface area (Å²) in [5.41, 5.74) is 3.70. The third-order valence-electron chi connectivity index (χ3n) is 3.48. The quantitative estimate of drug-likeness (QED) is 0.891. The van der Waals surface area contributed by atoms with Crippen LogP contribution in [0.4, 0.5) is 5.69 Å². The highest BCUT2D eigenvalue weighted by atomic mass is 32.1. The van der Waals surface area contributed by atoms with E-state index in [1.807, 2.05) is 32.0 Å². The van der Waals surface area contributed by atoms with Gasteiger partial charge in [0.1, 0.15) is 5.01 Å². The Labute approximate surface area is 128 Å². The van der Waals surface area contributed by atoms with Crippen molar-refractivity contribution in [1.82, 2.24) is 4.98 Å². The summed E-state index contributed by atoms with van der Waals surface area (Å²) in [4.78, 5) is 16.7. The number of carbonyl (C=O) groups excluding carboxylic acids is 1. The Morgan fingerprint density at radius 3 is 2.86 bits per heavy atom. The fraction of sp³-hybridized carbons (Fsp3) is 0.375. The summed E-state index contributed by atoms with van der Waals surface area (Å²) in [6, 6.07) is 6.02. The second-order valence-corrected chi connectivity index (χ2v) is 5.90. The molecule has 2 rings (SSSR count). The normalized spacial score (nSPS) is 12.2. The monoisotopic (exact) mass is 304 g/mol. The van der Waals surface area contributed by atoms with E-state index in [2.05, 4.69) is 17.2 Å². The van der Waals surface area contributed by atoms with Crippen LogP contribution in [0.15, 0.2) is 23.6 Å². The summed E-state index contributed by atoms with van der Waals surface area (Å²) in [5.74, 6) is -0.405. The number of aryl methyl sites for hydroxylation is 2. The first-order valence-electron chi connectivity index (χ1n) is 7.01. The van der Waals surface area contributed by atoms with Crippen molar-refractivity contribution in [2.75, 3.05) is 5.32 Å². The van der Waals surface area contributed by atoms with Crippen molar-refractivity contribution in [3.8, 4) is 0 Å². The van der Waals surface area contributed by atoms with Crippen LogP contribution >= 0.6 is 11.3 Å². The molecule has 0 aliphatic rings. The molecular formula is C16H20N2O2S. The molecule has 1 amide bonds.